The highest BCUT2D eigenvalue weighted by Gasteiger charge is 2.42. The van der Waals surface area contributed by atoms with Gasteiger partial charge in [-0.05, 0) is 30.5 Å². The molecule has 1 aromatic carbocycles. The molecule has 0 bridgehead atoms. The van der Waals surface area contributed by atoms with Crippen molar-refractivity contribution < 1.29 is 9.53 Å². The van der Waals surface area contributed by atoms with Crippen LogP contribution in [0.4, 0.5) is 0 Å². The number of hydrogen-bond donors (Lipinski definition) is 0. The van der Waals surface area contributed by atoms with Crippen LogP contribution < -0.4 is 4.74 Å². The minimum absolute atomic E-state index is 0.285. The Labute approximate surface area is 132 Å². The standard InChI is InChI=1S/C18H24N2O2/c1-3-11-20-17-10-12-19(16(17)8-9-18(20)21)13-14-4-6-15(22-2)7-5-14/h3-7,16-17H,1,8-13H2,2H3/t16-,17-/m1/s1. The van der Waals surface area contributed by atoms with Crippen molar-refractivity contribution in [3.05, 3.63) is 42.5 Å². The molecule has 2 saturated heterocycles. The summed E-state index contributed by atoms with van der Waals surface area (Å²) in [6.45, 7) is 6.47. The fourth-order valence-corrected chi connectivity index (χ4v) is 3.78. The van der Waals surface area contributed by atoms with Crippen molar-refractivity contribution in [3.63, 3.8) is 0 Å². The second kappa shape index (κ2) is 6.53. The third kappa shape index (κ3) is 2.88. The molecule has 4 heteroatoms. The third-order valence-corrected chi connectivity index (χ3v) is 4.87. The second-order valence-electron chi connectivity index (χ2n) is 6.12. The fourth-order valence-electron chi connectivity index (χ4n) is 3.78. The van der Waals surface area contributed by atoms with Gasteiger partial charge in [0.05, 0.1) is 7.11 Å². The first-order valence-corrected chi connectivity index (χ1v) is 8.00. The number of fused-ring (bicyclic) bond motifs is 1. The molecule has 0 spiro atoms. The van der Waals surface area contributed by atoms with Crippen molar-refractivity contribution in [1.29, 1.82) is 0 Å². The molecule has 22 heavy (non-hydrogen) atoms. The van der Waals surface area contributed by atoms with Crippen molar-refractivity contribution in [2.24, 2.45) is 0 Å². The highest BCUT2D eigenvalue weighted by Crippen LogP contribution is 2.32. The zero-order chi connectivity index (χ0) is 15.5. The summed E-state index contributed by atoms with van der Waals surface area (Å²) >= 11 is 0. The lowest BCUT2D eigenvalue weighted by Gasteiger charge is -2.39. The smallest absolute Gasteiger partial charge is 0.223 e. The molecule has 118 valence electrons. The van der Waals surface area contributed by atoms with E-state index in [2.05, 4.69) is 23.6 Å². The van der Waals surface area contributed by atoms with E-state index in [1.807, 2.05) is 23.1 Å². The summed E-state index contributed by atoms with van der Waals surface area (Å²) in [5, 5.41) is 0. The maximum absolute atomic E-state index is 12.1. The number of hydrogen-bond acceptors (Lipinski definition) is 3. The van der Waals surface area contributed by atoms with E-state index in [9.17, 15) is 4.79 Å². The lowest BCUT2D eigenvalue weighted by Crippen LogP contribution is -2.52. The van der Waals surface area contributed by atoms with Crippen LogP contribution in [0.2, 0.25) is 0 Å². The number of piperidine rings is 1. The molecule has 0 radical (unpaired) electrons. The van der Waals surface area contributed by atoms with Crippen LogP contribution in [0.3, 0.4) is 0 Å². The van der Waals surface area contributed by atoms with Gasteiger partial charge in [0.1, 0.15) is 5.75 Å². The van der Waals surface area contributed by atoms with Crippen LogP contribution in [0.25, 0.3) is 0 Å². The summed E-state index contributed by atoms with van der Waals surface area (Å²) in [7, 11) is 1.69. The quantitative estimate of drug-likeness (QED) is 0.783. The van der Waals surface area contributed by atoms with Gasteiger partial charge in [0.25, 0.3) is 0 Å². The molecule has 2 aliphatic heterocycles. The summed E-state index contributed by atoms with van der Waals surface area (Å²) in [4.78, 5) is 16.7. The number of rotatable bonds is 5. The van der Waals surface area contributed by atoms with E-state index in [4.69, 9.17) is 4.74 Å². The zero-order valence-corrected chi connectivity index (χ0v) is 13.2. The normalized spacial score (nSPS) is 25.1. The van der Waals surface area contributed by atoms with Gasteiger partial charge >= 0.3 is 0 Å². The molecular formula is C18H24N2O2. The van der Waals surface area contributed by atoms with Crippen molar-refractivity contribution in [3.8, 4) is 5.75 Å². The van der Waals surface area contributed by atoms with Crippen LogP contribution in [0.1, 0.15) is 24.8 Å². The van der Waals surface area contributed by atoms with Gasteiger partial charge in [-0.25, -0.2) is 0 Å². The predicted molar refractivity (Wildman–Crippen MR) is 86.7 cm³/mol. The molecule has 4 nitrogen and oxygen atoms in total. The first-order chi connectivity index (χ1) is 10.7. The van der Waals surface area contributed by atoms with Crippen LogP contribution in [-0.4, -0.2) is 48.0 Å². The Morgan fingerprint density at radius 2 is 2.05 bits per heavy atom. The molecule has 0 aliphatic carbocycles. The minimum Gasteiger partial charge on any atom is -0.497 e. The Hall–Kier alpha value is -1.81. The largest absolute Gasteiger partial charge is 0.497 e. The first kappa shape index (κ1) is 15.1. The summed E-state index contributed by atoms with van der Waals surface area (Å²) in [6, 6.07) is 9.12. The van der Waals surface area contributed by atoms with Crippen LogP contribution >= 0.6 is 0 Å². The summed E-state index contributed by atoms with van der Waals surface area (Å²) in [6.07, 6.45) is 4.55. The number of amides is 1. The highest BCUT2D eigenvalue weighted by molar-refractivity contribution is 5.78. The van der Waals surface area contributed by atoms with Gasteiger partial charge in [-0.3, -0.25) is 9.69 Å². The second-order valence-corrected chi connectivity index (χ2v) is 6.12. The molecule has 2 heterocycles. The molecule has 0 saturated carbocycles. The van der Waals surface area contributed by atoms with Gasteiger partial charge in [0.2, 0.25) is 5.91 Å². The number of carbonyl (C=O) groups is 1. The van der Waals surface area contributed by atoms with Gasteiger partial charge in [-0.2, -0.15) is 0 Å². The Bertz CT molecular complexity index is 541. The molecule has 3 rings (SSSR count). The number of carbonyl (C=O) groups excluding carboxylic acids is 1. The van der Waals surface area contributed by atoms with Crippen LogP contribution in [0.15, 0.2) is 36.9 Å². The van der Waals surface area contributed by atoms with Gasteiger partial charge < -0.3 is 9.64 Å². The summed E-state index contributed by atoms with van der Waals surface area (Å²) in [5.74, 6) is 1.18. The molecule has 0 unspecified atom stereocenters. The van der Waals surface area contributed by atoms with Crippen LogP contribution in [-0.2, 0) is 11.3 Å². The third-order valence-electron chi connectivity index (χ3n) is 4.87. The molecule has 0 aromatic heterocycles. The average molecular weight is 300 g/mol. The summed E-state index contributed by atoms with van der Waals surface area (Å²) < 4.78 is 5.21. The van der Waals surface area contributed by atoms with E-state index in [0.717, 1.165) is 31.7 Å². The van der Waals surface area contributed by atoms with Crippen molar-refractivity contribution >= 4 is 5.91 Å². The van der Waals surface area contributed by atoms with E-state index in [0.29, 0.717) is 25.0 Å². The van der Waals surface area contributed by atoms with E-state index in [1.54, 1.807) is 7.11 Å². The molecule has 1 aromatic rings. The van der Waals surface area contributed by atoms with Crippen LogP contribution in [0.5, 0.6) is 5.75 Å². The Morgan fingerprint density at radius 1 is 1.27 bits per heavy atom. The predicted octanol–water partition coefficient (Wildman–Crippen LogP) is 2.45. The van der Waals surface area contributed by atoms with Crippen molar-refractivity contribution in [1.82, 2.24) is 9.80 Å². The lowest BCUT2D eigenvalue weighted by molar-refractivity contribution is -0.136. The number of methoxy groups -OCH3 is 1. The lowest BCUT2D eigenvalue weighted by atomic mass is 9.96. The number of nitrogens with zero attached hydrogens (tertiary/aromatic N) is 2. The maximum Gasteiger partial charge on any atom is 0.223 e. The topological polar surface area (TPSA) is 32.8 Å². The van der Waals surface area contributed by atoms with Gasteiger partial charge in [0.15, 0.2) is 0 Å². The Kier molecular flexibility index (Phi) is 4.48. The van der Waals surface area contributed by atoms with Crippen LogP contribution in [0, 0.1) is 0 Å². The Morgan fingerprint density at radius 3 is 2.73 bits per heavy atom. The molecule has 1 amide bonds. The monoisotopic (exact) mass is 300 g/mol. The van der Waals surface area contributed by atoms with Crippen molar-refractivity contribution in [2.45, 2.75) is 37.9 Å². The fraction of sp³-hybridized carbons (Fsp3) is 0.500. The Balaban J connectivity index is 1.68. The van der Waals surface area contributed by atoms with E-state index in [1.165, 1.54) is 5.56 Å². The SMILES string of the molecule is C=CCN1C(=O)CC[C@@H]2[C@H]1CCN2Cc1ccc(OC)cc1. The highest BCUT2D eigenvalue weighted by atomic mass is 16.5. The molecule has 2 atom stereocenters. The first-order valence-electron chi connectivity index (χ1n) is 8.00. The molecule has 2 aliphatic rings. The van der Waals surface area contributed by atoms with Crippen molar-refractivity contribution in [2.75, 3.05) is 20.2 Å². The van der Waals surface area contributed by atoms with Gasteiger partial charge in [-0.1, -0.05) is 18.2 Å². The van der Waals surface area contributed by atoms with Gasteiger partial charge in [0, 0.05) is 38.1 Å². The van der Waals surface area contributed by atoms with Gasteiger partial charge in [-0.15, -0.1) is 6.58 Å². The van der Waals surface area contributed by atoms with E-state index < -0.39 is 0 Å². The molecule has 0 N–H and O–H groups in total. The van der Waals surface area contributed by atoms with E-state index in [-0.39, 0.29) is 5.91 Å². The molecular weight excluding hydrogens is 276 g/mol. The zero-order valence-electron chi connectivity index (χ0n) is 13.2. The molecule has 2 fully saturated rings. The average Bonchev–Trinajstić information content (AvgIpc) is 2.94. The number of ether oxygens (including phenoxy) is 1. The minimum atomic E-state index is 0.285. The van der Waals surface area contributed by atoms with E-state index >= 15 is 0 Å². The maximum atomic E-state index is 12.1. The number of benzene rings is 1. The number of likely N-dealkylation sites (tertiary alicyclic amines) is 2. The summed E-state index contributed by atoms with van der Waals surface area (Å²) in [5.41, 5.74) is 1.30.